The van der Waals surface area contributed by atoms with Crippen LogP contribution in [0, 0.1) is 6.92 Å². The lowest BCUT2D eigenvalue weighted by Crippen LogP contribution is -2.53. The normalized spacial score (nSPS) is 21.6. The van der Waals surface area contributed by atoms with E-state index in [1.54, 1.807) is 0 Å². The zero-order valence-corrected chi connectivity index (χ0v) is 16.4. The maximum absolute atomic E-state index is 13.1. The van der Waals surface area contributed by atoms with Crippen molar-refractivity contribution in [1.29, 1.82) is 0 Å². The monoisotopic (exact) mass is 421 g/mol. The fourth-order valence-electron chi connectivity index (χ4n) is 3.62. The molecule has 0 radical (unpaired) electrons. The van der Waals surface area contributed by atoms with E-state index in [9.17, 15) is 32.5 Å². The van der Waals surface area contributed by atoms with Crippen LogP contribution in [0.3, 0.4) is 0 Å². The van der Waals surface area contributed by atoms with Gasteiger partial charge in [-0.25, -0.2) is 0 Å². The summed E-state index contributed by atoms with van der Waals surface area (Å²) in [4.78, 5) is 38.4. The number of carbonyl (C=O) groups excluding carboxylic acids is 3. The van der Waals surface area contributed by atoms with Crippen molar-refractivity contribution >= 4 is 33.5 Å². The molecule has 4 N–H and O–H groups in total. The lowest BCUT2D eigenvalue weighted by molar-refractivity contribution is -0.117. The number of phenolic OH excluding ortho intramolecular Hbond substituents is 1. The number of amides is 3. The van der Waals surface area contributed by atoms with E-state index in [2.05, 4.69) is 0 Å². The molecule has 10 nitrogen and oxygen atoms in total. The Morgan fingerprint density at radius 2 is 1.97 bits per heavy atom. The standard InChI is InChI=1S/C18H19N3O7S/c1-9-3-5-12-15(16(9)24)21(10(2)22)18(29(26,27)28)13-7-11(4-6-14(19)23)8-20(13)17(12)25/h3-6,8,13,18,24H,7H2,1-2H3,(H2,19,23)(H,26,27,28). The van der Waals surface area contributed by atoms with Gasteiger partial charge in [0.15, 0.2) is 5.37 Å². The summed E-state index contributed by atoms with van der Waals surface area (Å²) in [7, 11) is -4.90. The van der Waals surface area contributed by atoms with Gasteiger partial charge in [-0.3, -0.25) is 23.8 Å². The van der Waals surface area contributed by atoms with Crippen molar-refractivity contribution in [2.24, 2.45) is 5.73 Å². The van der Waals surface area contributed by atoms with Crippen LogP contribution < -0.4 is 10.6 Å². The van der Waals surface area contributed by atoms with Gasteiger partial charge in [0.1, 0.15) is 11.4 Å². The number of rotatable bonds is 3. The minimum absolute atomic E-state index is 0.0719. The van der Waals surface area contributed by atoms with Crippen LogP contribution in [0.25, 0.3) is 0 Å². The molecule has 0 aromatic heterocycles. The number of nitrogens with zero attached hydrogens (tertiary/aromatic N) is 2. The van der Waals surface area contributed by atoms with Gasteiger partial charge in [-0.2, -0.15) is 8.42 Å². The van der Waals surface area contributed by atoms with Crippen LogP contribution in [0.1, 0.15) is 29.3 Å². The zero-order chi connectivity index (χ0) is 21.7. The highest BCUT2D eigenvalue weighted by Gasteiger charge is 2.50. The number of hydrogen-bond donors (Lipinski definition) is 3. The van der Waals surface area contributed by atoms with Crippen LogP contribution in [0.5, 0.6) is 5.75 Å². The fourth-order valence-corrected chi connectivity index (χ4v) is 4.76. The van der Waals surface area contributed by atoms with Gasteiger partial charge in [-0.15, -0.1) is 0 Å². The molecule has 11 heteroatoms. The van der Waals surface area contributed by atoms with Gasteiger partial charge in [0.05, 0.1) is 11.6 Å². The van der Waals surface area contributed by atoms with Crippen LogP contribution in [-0.2, 0) is 19.7 Å². The van der Waals surface area contributed by atoms with Gasteiger partial charge >= 0.3 is 0 Å². The third-order valence-electron chi connectivity index (χ3n) is 4.86. The molecule has 3 rings (SSSR count). The Labute approximate surface area is 166 Å². The van der Waals surface area contributed by atoms with Gasteiger partial charge < -0.3 is 15.7 Å². The molecule has 0 saturated heterocycles. The Kier molecular flexibility index (Phi) is 4.97. The molecule has 1 aromatic rings. The number of carbonyl (C=O) groups is 3. The van der Waals surface area contributed by atoms with Crippen molar-refractivity contribution < 1.29 is 32.5 Å². The van der Waals surface area contributed by atoms with E-state index >= 15 is 0 Å². The zero-order valence-electron chi connectivity index (χ0n) is 15.6. The molecule has 0 bridgehead atoms. The lowest BCUT2D eigenvalue weighted by atomic mass is 10.1. The predicted octanol–water partition coefficient (Wildman–Crippen LogP) is 0.421. The van der Waals surface area contributed by atoms with Crippen molar-refractivity contribution in [2.45, 2.75) is 31.7 Å². The van der Waals surface area contributed by atoms with Gasteiger partial charge in [0.2, 0.25) is 11.8 Å². The summed E-state index contributed by atoms with van der Waals surface area (Å²) in [5, 5.41) is 8.66. The van der Waals surface area contributed by atoms with E-state index in [1.807, 2.05) is 0 Å². The number of fused-ring (bicyclic) bond motifs is 2. The highest BCUT2D eigenvalue weighted by atomic mass is 32.2. The third kappa shape index (κ3) is 3.49. The van der Waals surface area contributed by atoms with Crippen molar-refractivity contribution in [3.05, 3.63) is 47.2 Å². The largest absolute Gasteiger partial charge is 0.505 e. The lowest BCUT2D eigenvalue weighted by Gasteiger charge is -2.33. The van der Waals surface area contributed by atoms with E-state index in [1.165, 1.54) is 31.3 Å². The number of allylic oxidation sites excluding steroid dienone is 1. The predicted molar refractivity (Wildman–Crippen MR) is 102 cm³/mol. The molecule has 0 aliphatic carbocycles. The molecule has 0 fully saturated rings. The van der Waals surface area contributed by atoms with Gasteiger partial charge in [-0.05, 0) is 30.5 Å². The maximum atomic E-state index is 13.1. The number of anilines is 1. The van der Waals surface area contributed by atoms with Crippen LogP contribution >= 0.6 is 0 Å². The first kappa shape index (κ1) is 20.6. The molecule has 29 heavy (non-hydrogen) atoms. The number of hydrogen-bond acceptors (Lipinski definition) is 6. The van der Waals surface area contributed by atoms with E-state index in [4.69, 9.17) is 5.73 Å². The van der Waals surface area contributed by atoms with Crippen molar-refractivity contribution in [3.63, 3.8) is 0 Å². The van der Waals surface area contributed by atoms with Crippen molar-refractivity contribution in [1.82, 2.24) is 4.90 Å². The van der Waals surface area contributed by atoms with Gasteiger partial charge in [0.25, 0.3) is 16.0 Å². The molecule has 2 heterocycles. The van der Waals surface area contributed by atoms with Crippen LogP contribution in [-0.4, -0.2) is 52.1 Å². The Morgan fingerprint density at radius 1 is 1.31 bits per heavy atom. The number of aromatic hydroxyl groups is 1. The van der Waals surface area contributed by atoms with Crippen molar-refractivity contribution in [2.75, 3.05) is 4.90 Å². The minimum Gasteiger partial charge on any atom is -0.505 e. The molecule has 2 unspecified atom stereocenters. The highest BCUT2D eigenvalue weighted by Crippen LogP contribution is 2.43. The first-order valence-corrected chi connectivity index (χ1v) is 10.0. The smallest absolute Gasteiger partial charge is 0.288 e. The second kappa shape index (κ2) is 7.01. The number of phenols is 1. The third-order valence-corrected chi connectivity index (χ3v) is 5.99. The molecule has 2 aliphatic heterocycles. The quantitative estimate of drug-likeness (QED) is 0.471. The Hall–Kier alpha value is -3.18. The second-order valence-electron chi connectivity index (χ2n) is 6.85. The maximum Gasteiger partial charge on any atom is 0.288 e. The van der Waals surface area contributed by atoms with Gasteiger partial charge in [0, 0.05) is 19.2 Å². The highest BCUT2D eigenvalue weighted by molar-refractivity contribution is 7.86. The number of benzene rings is 1. The molecule has 0 saturated carbocycles. The number of aryl methyl sites for hydroxylation is 1. The average Bonchev–Trinajstić information content (AvgIpc) is 2.98. The second-order valence-corrected chi connectivity index (χ2v) is 8.36. The van der Waals surface area contributed by atoms with Crippen LogP contribution in [0.4, 0.5) is 5.69 Å². The van der Waals surface area contributed by atoms with E-state index < -0.39 is 45.0 Å². The fraction of sp³-hybridized carbons (Fsp3) is 0.278. The summed E-state index contributed by atoms with van der Waals surface area (Å²) in [5.74, 6) is -2.62. The minimum atomic E-state index is -4.90. The van der Waals surface area contributed by atoms with Gasteiger partial charge in [-0.1, -0.05) is 12.1 Å². The molecule has 154 valence electrons. The molecule has 3 amide bonds. The summed E-state index contributed by atoms with van der Waals surface area (Å²) >= 11 is 0. The first-order chi connectivity index (χ1) is 13.4. The van der Waals surface area contributed by atoms with E-state index in [-0.39, 0.29) is 17.7 Å². The molecular weight excluding hydrogens is 402 g/mol. The van der Waals surface area contributed by atoms with Crippen LogP contribution in [0.15, 0.2) is 36.1 Å². The Bertz CT molecular complexity index is 1090. The topological polar surface area (TPSA) is 158 Å². The first-order valence-electron chi connectivity index (χ1n) is 8.53. The van der Waals surface area contributed by atoms with Crippen LogP contribution in [0.2, 0.25) is 0 Å². The van der Waals surface area contributed by atoms with E-state index in [0.29, 0.717) is 11.1 Å². The summed E-state index contributed by atoms with van der Waals surface area (Å²) < 4.78 is 34.6. The summed E-state index contributed by atoms with van der Waals surface area (Å²) in [6.45, 7) is 2.60. The molecular formula is C18H19N3O7S. The average molecular weight is 421 g/mol. The number of primary amides is 1. The SMILES string of the molecule is CC(=O)N1c2c(ccc(C)c2O)C(=O)N2C=C(C=CC(N)=O)CC2C1S(=O)(=O)O. The summed E-state index contributed by atoms with van der Waals surface area (Å²) in [6.07, 6.45) is 3.64. The summed E-state index contributed by atoms with van der Waals surface area (Å²) in [6, 6.07) is 1.65. The number of nitrogens with two attached hydrogens (primary N) is 1. The van der Waals surface area contributed by atoms with Crippen molar-refractivity contribution in [3.8, 4) is 5.75 Å². The molecule has 2 aliphatic rings. The Balaban J connectivity index is 2.29. The van der Waals surface area contributed by atoms with E-state index in [0.717, 1.165) is 22.8 Å². The molecule has 2 atom stereocenters. The molecule has 0 spiro atoms. The molecule has 1 aromatic carbocycles. The Morgan fingerprint density at radius 3 is 2.52 bits per heavy atom. The summed E-state index contributed by atoms with van der Waals surface area (Å²) in [5.41, 5.74) is 5.42.